The van der Waals surface area contributed by atoms with E-state index in [4.69, 9.17) is 4.74 Å². The Kier molecular flexibility index (Phi) is 3.37. The summed E-state index contributed by atoms with van der Waals surface area (Å²) in [5.74, 6) is -0.547. The molecule has 0 aliphatic rings. The molecule has 0 bridgehead atoms. The maximum Gasteiger partial charge on any atom is 0.150 e. The number of hydrogen-bond acceptors (Lipinski definition) is 2. The van der Waals surface area contributed by atoms with E-state index in [1.165, 1.54) is 37.4 Å². The third kappa shape index (κ3) is 2.22. The highest BCUT2D eigenvalue weighted by atomic mass is 19.1. The van der Waals surface area contributed by atoms with Crippen LogP contribution in [0.25, 0.3) is 11.1 Å². The maximum atomic E-state index is 13.3. The number of rotatable bonds is 3. The van der Waals surface area contributed by atoms with E-state index in [1.54, 1.807) is 0 Å². The predicted octanol–water partition coefficient (Wildman–Crippen LogP) is 3.45. The number of carbonyl (C=O) groups excluding carboxylic acids is 1. The molecule has 4 heteroatoms. The van der Waals surface area contributed by atoms with Crippen LogP contribution in [0.4, 0.5) is 8.78 Å². The molecule has 2 nitrogen and oxygen atoms in total. The number of hydrogen-bond donors (Lipinski definition) is 0. The minimum absolute atomic E-state index is 0.152. The molecule has 0 amide bonds. The van der Waals surface area contributed by atoms with Crippen LogP contribution in [0, 0.1) is 11.6 Å². The fraction of sp³-hybridized carbons (Fsp3) is 0.0714. The van der Waals surface area contributed by atoms with Crippen LogP contribution < -0.4 is 4.74 Å². The number of halogens is 2. The van der Waals surface area contributed by atoms with E-state index >= 15 is 0 Å². The van der Waals surface area contributed by atoms with E-state index in [0.29, 0.717) is 23.2 Å². The monoisotopic (exact) mass is 248 g/mol. The first-order valence-corrected chi connectivity index (χ1v) is 5.24. The van der Waals surface area contributed by atoms with Crippen LogP contribution in [0.3, 0.4) is 0 Å². The smallest absolute Gasteiger partial charge is 0.150 e. The Bertz CT molecular complexity index is 594. The third-order valence-electron chi connectivity index (χ3n) is 2.59. The lowest BCUT2D eigenvalue weighted by Crippen LogP contribution is -1.94. The average molecular weight is 248 g/mol. The van der Waals surface area contributed by atoms with Crippen molar-refractivity contribution in [2.45, 2.75) is 0 Å². The van der Waals surface area contributed by atoms with Crippen LogP contribution >= 0.6 is 0 Å². The highest BCUT2D eigenvalue weighted by Gasteiger charge is 2.12. The van der Waals surface area contributed by atoms with Crippen molar-refractivity contribution >= 4 is 6.29 Å². The van der Waals surface area contributed by atoms with Crippen LogP contribution in [0.2, 0.25) is 0 Å². The van der Waals surface area contributed by atoms with Gasteiger partial charge >= 0.3 is 0 Å². The van der Waals surface area contributed by atoms with E-state index in [-0.39, 0.29) is 5.56 Å². The SMILES string of the molecule is COc1ccc(F)cc1-c1ccc(F)cc1C=O. The summed E-state index contributed by atoms with van der Waals surface area (Å²) >= 11 is 0. The number of carbonyl (C=O) groups is 1. The van der Waals surface area contributed by atoms with Gasteiger partial charge in [-0.05, 0) is 35.9 Å². The fourth-order valence-corrected chi connectivity index (χ4v) is 1.77. The molecule has 92 valence electrons. The van der Waals surface area contributed by atoms with Crippen molar-refractivity contribution in [2.75, 3.05) is 7.11 Å². The Hall–Kier alpha value is -2.23. The van der Waals surface area contributed by atoms with Crippen LogP contribution in [-0.4, -0.2) is 13.4 Å². The molecule has 0 aliphatic carbocycles. The van der Waals surface area contributed by atoms with E-state index in [0.717, 1.165) is 6.07 Å². The van der Waals surface area contributed by atoms with Crippen molar-refractivity contribution < 1.29 is 18.3 Å². The van der Waals surface area contributed by atoms with E-state index in [1.807, 2.05) is 0 Å². The van der Waals surface area contributed by atoms with Gasteiger partial charge in [-0.25, -0.2) is 8.78 Å². The molecule has 0 spiro atoms. The number of methoxy groups -OCH3 is 1. The summed E-state index contributed by atoms with van der Waals surface area (Å²) in [5.41, 5.74) is 1.00. The predicted molar refractivity (Wildman–Crippen MR) is 63.7 cm³/mol. The van der Waals surface area contributed by atoms with Crippen LogP contribution in [0.1, 0.15) is 10.4 Å². The van der Waals surface area contributed by atoms with Crippen molar-refractivity contribution in [3.63, 3.8) is 0 Å². The zero-order valence-electron chi connectivity index (χ0n) is 9.61. The van der Waals surface area contributed by atoms with Crippen LogP contribution in [0.15, 0.2) is 36.4 Å². The average Bonchev–Trinajstić information content (AvgIpc) is 2.38. The molecular weight excluding hydrogens is 238 g/mol. The lowest BCUT2D eigenvalue weighted by Gasteiger charge is -2.10. The summed E-state index contributed by atoms with van der Waals surface area (Å²) in [4.78, 5) is 10.9. The first-order valence-electron chi connectivity index (χ1n) is 5.24. The van der Waals surface area contributed by atoms with Crippen molar-refractivity contribution in [1.82, 2.24) is 0 Å². The van der Waals surface area contributed by atoms with Gasteiger partial charge in [0.25, 0.3) is 0 Å². The molecule has 0 heterocycles. The summed E-state index contributed by atoms with van der Waals surface area (Å²) in [6.07, 6.45) is 0.531. The second-order valence-electron chi connectivity index (χ2n) is 3.69. The van der Waals surface area contributed by atoms with Gasteiger partial charge in [0.15, 0.2) is 6.29 Å². The third-order valence-corrected chi connectivity index (χ3v) is 2.59. The van der Waals surface area contributed by atoms with Gasteiger partial charge in [0.05, 0.1) is 7.11 Å². The summed E-state index contributed by atoms with van der Waals surface area (Å²) < 4.78 is 31.4. The van der Waals surface area contributed by atoms with Crippen molar-refractivity contribution in [2.24, 2.45) is 0 Å². The molecular formula is C14H10F2O2. The normalized spacial score (nSPS) is 10.2. The lowest BCUT2D eigenvalue weighted by molar-refractivity contribution is 0.112. The number of aldehydes is 1. The Morgan fingerprint density at radius 3 is 2.33 bits per heavy atom. The Labute approximate surface area is 103 Å². The molecule has 0 aromatic heterocycles. The van der Waals surface area contributed by atoms with Gasteiger partial charge in [0.2, 0.25) is 0 Å². The van der Waals surface area contributed by atoms with Gasteiger partial charge in [-0.3, -0.25) is 4.79 Å². The van der Waals surface area contributed by atoms with Crippen molar-refractivity contribution in [3.05, 3.63) is 53.6 Å². The Morgan fingerprint density at radius 1 is 1.00 bits per heavy atom. The highest BCUT2D eigenvalue weighted by molar-refractivity contribution is 5.89. The van der Waals surface area contributed by atoms with Crippen molar-refractivity contribution in [3.8, 4) is 16.9 Å². The van der Waals surface area contributed by atoms with Crippen LogP contribution in [-0.2, 0) is 0 Å². The van der Waals surface area contributed by atoms with E-state index < -0.39 is 11.6 Å². The molecule has 0 atom stereocenters. The van der Waals surface area contributed by atoms with E-state index in [9.17, 15) is 13.6 Å². The fourth-order valence-electron chi connectivity index (χ4n) is 1.77. The topological polar surface area (TPSA) is 26.3 Å². The number of ether oxygens (including phenoxy) is 1. The highest BCUT2D eigenvalue weighted by Crippen LogP contribution is 2.32. The maximum absolute atomic E-state index is 13.3. The second kappa shape index (κ2) is 4.96. The molecule has 0 aliphatic heterocycles. The molecule has 0 saturated carbocycles. The minimum Gasteiger partial charge on any atom is -0.496 e. The van der Waals surface area contributed by atoms with Gasteiger partial charge in [0, 0.05) is 11.1 Å². The largest absolute Gasteiger partial charge is 0.496 e. The molecule has 0 saturated heterocycles. The zero-order valence-corrected chi connectivity index (χ0v) is 9.61. The van der Waals surface area contributed by atoms with Crippen LogP contribution in [0.5, 0.6) is 5.75 Å². The summed E-state index contributed by atoms with van der Waals surface area (Å²) in [5, 5.41) is 0. The minimum atomic E-state index is -0.517. The summed E-state index contributed by atoms with van der Waals surface area (Å²) in [6.45, 7) is 0. The molecule has 0 fully saturated rings. The summed E-state index contributed by atoms with van der Waals surface area (Å²) in [7, 11) is 1.45. The lowest BCUT2D eigenvalue weighted by atomic mass is 9.99. The van der Waals surface area contributed by atoms with Gasteiger partial charge < -0.3 is 4.74 Å². The van der Waals surface area contributed by atoms with E-state index in [2.05, 4.69) is 0 Å². The van der Waals surface area contributed by atoms with Gasteiger partial charge in [-0.1, -0.05) is 6.07 Å². The standard InChI is InChI=1S/C14H10F2O2/c1-18-14-5-3-11(16)7-13(14)12-4-2-10(15)6-9(12)8-17/h2-8H,1H3. The Balaban J connectivity index is 2.67. The molecule has 0 unspecified atom stereocenters. The quantitative estimate of drug-likeness (QED) is 0.777. The second-order valence-corrected chi connectivity index (χ2v) is 3.69. The summed E-state index contributed by atoms with van der Waals surface area (Å²) in [6, 6.07) is 7.71. The molecule has 0 N–H and O–H groups in total. The van der Waals surface area contributed by atoms with Crippen molar-refractivity contribution in [1.29, 1.82) is 0 Å². The number of benzene rings is 2. The molecule has 2 aromatic rings. The molecule has 2 aromatic carbocycles. The molecule has 18 heavy (non-hydrogen) atoms. The first-order chi connectivity index (χ1) is 8.65. The van der Waals surface area contributed by atoms with Gasteiger partial charge in [-0.2, -0.15) is 0 Å². The Morgan fingerprint density at radius 2 is 1.67 bits per heavy atom. The zero-order chi connectivity index (χ0) is 13.1. The molecule has 2 rings (SSSR count). The van der Waals surface area contributed by atoms with Gasteiger partial charge in [-0.15, -0.1) is 0 Å². The van der Waals surface area contributed by atoms with Gasteiger partial charge in [0.1, 0.15) is 17.4 Å². The first kappa shape index (κ1) is 12.2. The molecule has 0 radical (unpaired) electrons.